The third kappa shape index (κ3) is 4.79. The van der Waals surface area contributed by atoms with Crippen LogP contribution in [-0.2, 0) is 4.79 Å². The number of likely N-dealkylation sites (tertiary alicyclic amines) is 1. The molecule has 1 aliphatic heterocycles. The number of carbonyl (C=O) groups is 1. The maximum absolute atomic E-state index is 12.2. The molecule has 1 saturated carbocycles. The van der Waals surface area contributed by atoms with Gasteiger partial charge in [-0.25, -0.2) is 0 Å². The molecular formula is C16H30N2O. The van der Waals surface area contributed by atoms with E-state index in [1.165, 1.54) is 44.9 Å². The Labute approximate surface area is 118 Å². The molecule has 0 bridgehead atoms. The van der Waals surface area contributed by atoms with Crippen molar-refractivity contribution in [3.8, 4) is 0 Å². The Morgan fingerprint density at radius 1 is 1.16 bits per heavy atom. The van der Waals surface area contributed by atoms with Gasteiger partial charge in [0.25, 0.3) is 0 Å². The lowest BCUT2D eigenvalue weighted by Gasteiger charge is -2.33. The molecule has 1 unspecified atom stereocenters. The molecule has 3 nitrogen and oxygen atoms in total. The van der Waals surface area contributed by atoms with Gasteiger partial charge in [-0.1, -0.05) is 25.7 Å². The largest absolute Gasteiger partial charge is 0.342 e. The Bertz CT molecular complexity index is 272. The van der Waals surface area contributed by atoms with E-state index in [0.29, 0.717) is 11.8 Å². The van der Waals surface area contributed by atoms with E-state index >= 15 is 0 Å². The van der Waals surface area contributed by atoms with Crippen LogP contribution in [0.3, 0.4) is 0 Å². The summed E-state index contributed by atoms with van der Waals surface area (Å²) in [5.74, 6) is 1.99. The third-order valence-electron chi connectivity index (χ3n) is 4.84. The second-order valence-corrected chi connectivity index (χ2v) is 6.45. The number of nitrogens with zero attached hydrogens (tertiary/aromatic N) is 1. The SMILES string of the molecule is CNCC1CCCN(C(=O)CCCC2CCCC2)C1. The van der Waals surface area contributed by atoms with Crippen molar-refractivity contribution in [3.63, 3.8) is 0 Å². The number of amides is 1. The first-order valence-electron chi connectivity index (χ1n) is 8.22. The molecule has 1 N–H and O–H groups in total. The second kappa shape index (κ2) is 7.88. The van der Waals surface area contributed by atoms with Gasteiger partial charge in [-0.3, -0.25) is 4.79 Å². The summed E-state index contributed by atoms with van der Waals surface area (Å²) >= 11 is 0. The number of hydrogen-bond donors (Lipinski definition) is 1. The van der Waals surface area contributed by atoms with Crippen LogP contribution in [0.4, 0.5) is 0 Å². The Morgan fingerprint density at radius 3 is 2.63 bits per heavy atom. The quantitative estimate of drug-likeness (QED) is 0.802. The lowest BCUT2D eigenvalue weighted by Crippen LogP contribution is -2.42. The Morgan fingerprint density at radius 2 is 1.89 bits per heavy atom. The maximum Gasteiger partial charge on any atom is 0.222 e. The second-order valence-electron chi connectivity index (χ2n) is 6.45. The van der Waals surface area contributed by atoms with Crippen LogP contribution in [0.1, 0.15) is 57.8 Å². The summed E-state index contributed by atoms with van der Waals surface area (Å²) < 4.78 is 0. The molecule has 1 aliphatic carbocycles. The van der Waals surface area contributed by atoms with Crippen LogP contribution in [-0.4, -0.2) is 37.5 Å². The van der Waals surface area contributed by atoms with Crippen LogP contribution < -0.4 is 5.32 Å². The summed E-state index contributed by atoms with van der Waals surface area (Å²) in [7, 11) is 2.00. The summed E-state index contributed by atoms with van der Waals surface area (Å²) in [4.78, 5) is 14.3. The number of piperidine rings is 1. The minimum absolute atomic E-state index is 0.402. The molecule has 1 saturated heterocycles. The highest BCUT2D eigenvalue weighted by Crippen LogP contribution is 2.29. The van der Waals surface area contributed by atoms with E-state index in [4.69, 9.17) is 0 Å². The van der Waals surface area contributed by atoms with Gasteiger partial charge in [-0.15, -0.1) is 0 Å². The van der Waals surface area contributed by atoms with Gasteiger partial charge in [0.05, 0.1) is 0 Å². The first kappa shape index (κ1) is 14.8. The van der Waals surface area contributed by atoms with E-state index in [1.54, 1.807) is 0 Å². The zero-order valence-electron chi connectivity index (χ0n) is 12.5. The van der Waals surface area contributed by atoms with Crippen LogP contribution in [0.25, 0.3) is 0 Å². The standard InChI is InChI=1S/C16H30N2O/c1-17-12-15-9-5-11-18(13-15)16(19)10-4-8-14-6-2-3-7-14/h14-15,17H,2-13H2,1H3. The van der Waals surface area contributed by atoms with Gasteiger partial charge in [-0.05, 0) is 51.1 Å². The van der Waals surface area contributed by atoms with Crippen molar-refractivity contribution in [3.05, 3.63) is 0 Å². The monoisotopic (exact) mass is 266 g/mol. The van der Waals surface area contributed by atoms with Crippen molar-refractivity contribution in [2.75, 3.05) is 26.7 Å². The fourth-order valence-corrected chi connectivity index (χ4v) is 3.75. The molecule has 3 heteroatoms. The van der Waals surface area contributed by atoms with Crippen LogP contribution in [0.5, 0.6) is 0 Å². The first-order chi connectivity index (χ1) is 9.29. The van der Waals surface area contributed by atoms with Crippen molar-refractivity contribution < 1.29 is 4.79 Å². The smallest absolute Gasteiger partial charge is 0.222 e. The highest BCUT2D eigenvalue weighted by molar-refractivity contribution is 5.76. The first-order valence-corrected chi connectivity index (χ1v) is 8.22. The van der Waals surface area contributed by atoms with Gasteiger partial charge >= 0.3 is 0 Å². The molecule has 0 radical (unpaired) electrons. The molecule has 19 heavy (non-hydrogen) atoms. The molecule has 0 spiro atoms. The number of rotatable bonds is 6. The zero-order chi connectivity index (χ0) is 13.5. The molecule has 0 aromatic carbocycles. The molecule has 0 aromatic heterocycles. The van der Waals surface area contributed by atoms with Crippen LogP contribution in [0, 0.1) is 11.8 Å². The fraction of sp³-hybridized carbons (Fsp3) is 0.938. The number of nitrogens with one attached hydrogen (secondary N) is 1. The van der Waals surface area contributed by atoms with Crippen molar-refractivity contribution in [1.29, 1.82) is 0 Å². The third-order valence-corrected chi connectivity index (χ3v) is 4.84. The van der Waals surface area contributed by atoms with E-state index < -0.39 is 0 Å². The van der Waals surface area contributed by atoms with Crippen LogP contribution in [0.15, 0.2) is 0 Å². The number of carbonyl (C=O) groups excluding carboxylic acids is 1. The van der Waals surface area contributed by atoms with Gasteiger partial charge in [0.2, 0.25) is 5.91 Å². The molecule has 2 rings (SSSR count). The van der Waals surface area contributed by atoms with Crippen molar-refractivity contribution in [2.45, 2.75) is 57.8 Å². The normalized spacial score (nSPS) is 24.9. The van der Waals surface area contributed by atoms with E-state index in [0.717, 1.165) is 38.4 Å². The Kier molecular flexibility index (Phi) is 6.15. The molecule has 1 amide bonds. The van der Waals surface area contributed by atoms with Gasteiger partial charge in [0.15, 0.2) is 0 Å². The fourth-order valence-electron chi connectivity index (χ4n) is 3.75. The molecule has 1 heterocycles. The summed E-state index contributed by atoms with van der Waals surface area (Å²) in [5, 5.41) is 3.24. The van der Waals surface area contributed by atoms with Gasteiger partial charge in [0.1, 0.15) is 0 Å². The van der Waals surface area contributed by atoms with Crippen molar-refractivity contribution in [1.82, 2.24) is 10.2 Å². The van der Waals surface area contributed by atoms with E-state index in [2.05, 4.69) is 10.2 Å². The van der Waals surface area contributed by atoms with Crippen LogP contribution >= 0.6 is 0 Å². The predicted molar refractivity (Wildman–Crippen MR) is 79.0 cm³/mol. The van der Waals surface area contributed by atoms with E-state index in [1.807, 2.05) is 7.05 Å². The van der Waals surface area contributed by atoms with Crippen molar-refractivity contribution >= 4 is 5.91 Å². The van der Waals surface area contributed by atoms with Crippen LogP contribution in [0.2, 0.25) is 0 Å². The topological polar surface area (TPSA) is 32.3 Å². The van der Waals surface area contributed by atoms with Gasteiger partial charge in [0, 0.05) is 19.5 Å². The minimum atomic E-state index is 0.402. The van der Waals surface area contributed by atoms with Gasteiger partial charge < -0.3 is 10.2 Å². The minimum Gasteiger partial charge on any atom is -0.342 e. The highest BCUT2D eigenvalue weighted by Gasteiger charge is 2.23. The molecule has 2 fully saturated rings. The predicted octanol–water partition coefficient (Wildman–Crippen LogP) is 2.80. The molecule has 1 atom stereocenters. The zero-order valence-corrected chi connectivity index (χ0v) is 12.5. The van der Waals surface area contributed by atoms with E-state index in [9.17, 15) is 4.79 Å². The highest BCUT2D eigenvalue weighted by atomic mass is 16.2. The summed E-state index contributed by atoms with van der Waals surface area (Å²) in [5.41, 5.74) is 0. The molecular weight excluding hydrogens is 236 g/mol. The summed E-state index contributed by atoms with van der Waals surface area (Å²) in [6.07, 6.45) is 11.3. The maximum atomic E-state index is 12.2. The average Bonchev–Trinajstić information content (AvgIpc) is 2.92. The molecule has 110 valence electrons. The summed E-state index contributed by atoms with van der Waals surface area (Å²) in [6, 6.07) is 0. The summed E-state index contributed by atoms with van der Waals surface area (Å²) in [6.45, 7) is 3.01. The Balaban J connectivity index is 1.64. The Hall–Kier alpha value is -0.570. The average molecular weight is 266 g/mol. The number of hydrogen-bond acceptors (Lipinski definition) is 2. The lowest BCUT2D eigenvalue weighted by atomic mass is 9.97. The molecule has 0 aromatic rings. The van der Waals surface area contributed by atoms with Gasteiger partial charge in [-0.2, -0.15) is 0 Å². The van der Waals surface area contributed by atoms with E-state index in [-0.39, 0.29) is 0 Å². The van der Waals surface area contributed by atoms with Crippen molar-refractivity contribution in [2.24, 2.45) is 11.8 Å². The lowest BCUT2D eigenvalue weighted by molar-refractivity contribution is -0.133. The molecule has 2 aliphatic rings.